The van der Waals surface area contributed by atoms with Gasteiger partial charge in [-0.15, -0.1) is 0 Å². The van der Waals surface area contributed by atoms with Crippen molar-refractivity contribution in [3.63, 3.8) is 0 Å². The molecule has 0 aliphatic heterocycles. The Labute approximate surface area is 123 Å². The van der Waals surface area contributed by atoms with Gasteiger partial charge < -0.3 is 9.72 Å². The average Bonchev–Trinajstić information content (AvgIpc) is 2.49. The number of carbonyl (C=O) groups is 1. The van der Waals surface area contributed by atoms with Crippen molar-refractivity contribution >= 4 is 22.9 Å². The summed E-state index contributed by atoms with van der Waals surface area (Å²) >= 11 is 0. The second-order valence-corrected chi connectivity index (χ2v) is 4.91. The van der Waals surface area contributed by atoms with Gasteiger partial charge in [-0.05, 0) is 30.5 Å². The number of aryl methyl sites for hydroxylation is 2. The number of esters is 1. The maximum Gasteiger partial charge on any atom is 0.309 e. The molecule has 2 rings (SSSR count). The molecule has 0 aliphatic rings. The van der Waals surface area contributed by atoms with E-state index in [9.17, 15) is 9.59 Å². The molecule has 0 fully saturated rings. The van der Waals surface area contributed by atoms with E-state index in [0.29, 0.717) is 5.56 Å². The number of methoxy groups -OCH3 is 1. The zero-order valence-electron chi connectivity index (χ0n) is 12.5. The Morgan fingerprint density at radius 3 is 2.81 bits per heavy atom. The van der Waals surface area contributed by atoms with Crippen molar-refractivity contribution < 1.29 is 9.53 Å². The maximum absolute atomic E-state index is 12.2. The van der Waals surface area contributed by atoms with E-state index in [2.05, 4.69) is 22.7 Å². The molecule has 4 nitrogen and oxygen atoms in total. The van der Waals surface area contributed by atoms with Crippen molar-refractivity contribution in [3.05, 3.63) is 51.3 Å². The monoisotopic (exact) mass is 285 g/mol. The van der Waals surface area contributed by atoms with Gasteiger partial charge >= 0.3 is 5.97 Å². The number of rotatable bonds is 4. The molecular weight excluding hydrogens is 266 g/mol. The van der Waals surface area contributed by atoms with Gasteiger partial charge in [-0.2, -0.15) is 0 Å². The van der Waals surface area contributed by atoms with Crippen molar-refractivity contribution in [2.24, 2.45) is 0 Å². The number of nitrogens with one attached hydrogen (secondary N) is 1. The van der Waals surface area contributed by atoms with Gasteiger partial charge in [-0.3, -0.25) is 9.59 Å². The second-order valence-electron chi connectivity index (χ2n) is 4.91. The van der Waals surface area contributed by atoms with E-state index in [1.54, 1.807) is 12.2 Å². The molecule has 2 aromatic rings. The average molecular weight is 285 g/mol. The van der Waals surface area contributed by atoms with Gasteiger partial charge in [0, 0.05) is 16.5 Å². The number of hydrogen-bond donors (Lipinski definition) is 1. The van der Waals surface area contributed by atoms with Crippen molar-refractivity contribution in [1.29, 1.82) is 0 Å². The second kappa shape index (κ2) is 6.39. The van der Waals surface area contributed by atoms with Crippen LogP contribution in [0.5, 0.6) is 0 Å². The van der Waals surface area contributed by atoms with Crippen molar-refractivity contribution in [3.8, 4) is 0 Å². The summed E-state index contributed by atoms with van der Waals surface area (Å²) in [5.74, 6) is -0.325. The molecule has 0 radical (unpaired) electrons. The first kappa shape index (κ1) is 15.0. The minimum absolute atomic E-state index is 0.144. The van der Waals surface area contributed by atoms with Crippen LogP contribution in [0, 0.1) is 6.92 Å². The molecule has 0 atom stereocenters. The minimum Gasteiger partial charge on any atom is -0.469 e. The van der Waals surface area contributed by atoms with Gasteiger partial charge in [0.15, 0.2) is 0 Å². The SMILES string of the molecule is CCc1ccc2c(C)c(C=CCC(=O)OC)c(=O)[nH]c2c1. The molecule has 0 saturated heterocycles. The Hall–Kier alpha value is -2.36. The third-order valence-electron chi connectivity index (χ3n) is 3.59. The Morgan fingerprint density at radius 1 is 1.38 bits per heavy atom. The molecule has 1 N–H and O–H groups in total. The summed E-state index contributed by atoms with van der Waals surface area (Å²) < 4.78 is 4.57. The molecule has 1 aromatic heterocycles. The van der Waals surface area contributed by atoms with Gasteiger partial charge in [-0.25, -0.2) is 0 Å². The fraction of sp³-hybridized carbons (Fsp3) is 0.294. The van der Waals surface area contributed by atoms with Crippen LogP contribution < -0.4 is 5.56 Å². The summed E-state index contributed by atoms with van der Waals surface area (Å²) in [5, 5.41) is 1.02. The van der Waals surface area contributed by atoms with E-state index in [4.69, 9.17) is 0 Å². The Balaban J connectivity index is 2.46. The smallest absolute Gasteiger partial charge is 0.309 e. The third-order valence-corrected chi connectivity index (χ3v) is 3.59. The number of pyridine rings is 1. The highest BCUT2D eigenvalue weighted by molar-refractivity contribution is 5.85. The molecule has 1 aromatic carbocycles. The number of ether oxygens (including phenoxy) is 1. The lowest BCUT2D eigenvalue weighted by Crippen LogP contribution is -2.12. The number of carbonyl (C=O) groups excluding carboxylic acids is 1. The molecule has 0 unspecified atom stereocenters. The van der Waals surface area contributed by atoms with E-state index in [-0.39, 0.29) is 17.9 Å². The highest BCUT2D eigenvalue weighted by atomic mass is 16.5. The number of benzene rings is 1. The summed E-state index contributed by atoms with van der Waals surface area (Å²) in [7, 11) is 1.34. The van der Waals surface area contributed by atoms with Gasteiger partial charge in [0.05, 0.1) is 13.5 Å². The van der Waals surface area contributed by atoms with Crippen LogP contribution in [0.25, 0.3) is 17.0 Å². The molecule has 21 heavy (non-hydrogen) atoms. The first-order chi connectivity index (χ1) is 10.1. The summed E-state index contributed by atoms with van der Waals surface area (Å²) in [6.07, 6.45) is 4.41. The maximum atomic E-state index is 12.2. The van der Waals surface area contributed by atoms with Gasteiger partial charge in [-0.1, -0.05) is 31.2 Å². The topological polar surface area (TPSA) is 59.2 Å². The van der Waals surface area contributed by atoms with Crippen LogP contribution in [-0.2, 0) is 16.0 Å². The first-order valence-corrected chi connectivity index (χ1v) is 6.95. The van der Waals surface area contributed by atoms with Crippen LogP contribution >= 0.6 is 0 Å². The Bertz CT molecular complexity index is 756. The van der Waals surface area contributed by atoms with Gasteiger partial charge in [0.2, 0.25) is 0 Å². The number of fused-ring (bicyclic) bond motifs is 1. The number of aromatic amines is 1. The van der Waals surface area contributed by atoms with Crippen LogP contribution in [0.4, 0.5) is 0 Å². The fourth-order valence-corrected chi connectivity index (χ4v) is 2.30. The molecule has 0 saturated carbocycles. The van der Waals surface area contributed by atoms with Gasteiger partial charge in [0.1, 0.15) is 0 Å². The van der Waals surface area contributed by atoms with E-state index >= 15 is 0 Å². The normalized spacial score (nSPS) is 11.2. The largest absolute Gasteiger partial charge is 0.469 e. The van der Waals surface area contributed by atoms with E-state index in [1.807, 2.05) is 19.1 Å². The molecule has 0 aliphatic carbocycles. The highest BCUT2D eigenvalue weighted by Crippen LogP contribution is 2.20. The van der Waals surface area contributed by atoms with Crippen LogP contribution in [0.2, 0.25) is 0 Å². The number of hydrogen-bond acceptors (Lipinski definition) is 3. The predicted octanol–water partition coefficient (Wildman–Crippen LogP) is 2.98. The molecule has 0 spiro atoms. The molecular formula is C17H19NO3. The van der Waals surface area contributed by atoms with E-state index in [1.165, 1.54) is 12.7 Å². The van der Waals surface area contributed by atoms with Crippen LogP contribution in [-0.4, -0.2) is 18.1 Å². The predicted molar refractivity (Wildman–Crippen MR) is 84.4 cm³/mol. The number of H-pyrrole nitrogens is 1. The number of aromatic nitrogens is 1. The van der Waals surface area contributed by atoms with Crippen molar-refractivity contribution in [2.75, 3.05) is 7.11 Å². The lowest BCUT2D eigenvalue weighted by Gasteiger charge is -2.07. The summed E-state index contributed by atoms with van der Waals surface area (Å²) in [6.45, 7) is 4.00. The lowest BCUT2D eigenvalue weighted by atomic mass is 10.0. The molecule has 0 amide bonds. The Morgan fingerprint density at radius 2 is 2.14 bits per heavy atom. The Kier molecular flexibility index (Phi) is 4.58. The van der Waals surface area contributed by atoms with Crippen LogP contribution in [0.15, 0.2) is 29.1 Å². The van der Waals surface area contributed by atoms with Crippen molar-refractivity contribution in [2.45, 2.75) is 26.7 Å². The zero-order chi connectivity index (χ0) is 15.4. The zero-order valence-corrected chi connectivity index (χ0v) is 12.5. The molecule has 0 bridgehead atoms. The minimum atomic E-state index is -0.325. The quantitative estimate of drug-likeness (QED) is 0.879. The molecule has 110 valence electrons. The molecule has 1 heterocycles. The summed E-state index contributed by atoms with van der Waals surface area (Å²) in [6, 6.07) is 6.10. The lowest BCUT2D eigenvalue weighted by molar-refractivity contribution is -0.139. The summed E-state index contributed by atoms with van der Waals surface area (Å²) in [4.78, 5) is 26.2. The van der Waals surface area contributed by atoms with Gasteiger partial charge in [0.25, 0.3) is 5.56 Å². The summed E-state index contributed by atoms with van der Waals surface area (Å²) in [5.41, 5.74) is 3.39. The van der Waals surface area contributed by atoms with E-state index in [0.717, 1.165) is 22.9 Å². The van der Waals surface area contributed by atoms with Crippen LogP contribution in [0.3, 0.4) is 0 Å². The molecule has 4 heteroatoms. The van der Waals surface area contributed by atoms with Crippen molar-refractivity contribution in [1.82, 2.24) is 4.98 Å². The highest BCUT2D eigenvalue weighted by Gasteiger charge is 2.07. The van der Waals surface area contributed by atoms with Crippen LogP contribution in [0.1, 0.15) is 30.0 Å². The fourth-order valence-electron chi connectivity index (χ4n) is 2.30. The first-order valence-electron chi connectivity index (χ1n) is 6.95. The standard InChI is InChI=1S/C17H19NO3/c1-4-12-8-9-13-11(2)14(6-5-7-16(19)21-3)17(20)18-15(13)10-12/h5-6,8-10H,4,7H2,1-3H3,(H,18,20). The van der Waals surface area contributed by atoms with E-state index < -0.39 is 0 Å². The third kappa shape index (κ3) is 3.21.